The van der Waals surface area contributed by atoms with Crippen LogP contribution in [-0.4, -0.2) is 59.7 Å². The van der Waals surface area contributed by atoms with Crippen LogP contribution in [-0.2, 0) is 11.8 Å². The largest absolute Gasteiger partial charge is 0.490 e. The number of amides is 1. The van der Waals surface area contributed by atoms with Gasteiger partial charge in [0.2, 0.25) is 5.91 Å². The van der Waals surface area contributed by atoms with E-state index in [1.54, 1.807) is 20.3 Å². The number of hydrogen-bond donors (Lipinski definition) is 1. The van der Waals surface area contributed by atoms with Gasteiger partial charge in [-0.1, -0.05) is 18.7 Å². The van der Waals surface area contributed by atoms with Gasteiger partial charge in [-0.05, 0) is 39.0 Å². The zero-order chi connectivity index (χ0) is 34.0. The van der Waals surface area contributed by atoms with Gasteiger partial charge in [0.15, 0.2) is 0 Å². The molecule has 1 amide bonds. The molecule has 4 aromatic heterocycles. The third-order valence-electron chi connectivity index (χ3n) is 8.55. The maximum atomic E-state index is 16.1. The molecule has 9 nitrogen and oxygen atoms in total. The molecule has 3 atom stereocenters. The molecule has 0 radical (unpaired) electrons. The fourth-order valence-corrected chi connectivity index (χ4v) is 7.31. The molecule has 0 bridgehead atoms. The van der Waals surface area contributed by atoms with Crippen molar-refractivity contribution < 1.29 is 27.8 Å². The van der Waals surface area contributed by atoms with Gasteiger partial charge in [0.1, 0.15) is 41.2 Å². The SMILES string of the molecule is C=CC(=O)N1C[C@H](C)n2nc(-c3nc(-c4ccc5cn(C)nc5c4)c4scc(F)c4c3-c3c(F)cc(F)cc3OC[C@@H](C)O)cc2[C@H]1C. The molecular formula is C35H31F3N6O3S. The summed E-state index contributed by atoms with van der Waals surface area (Å²) in [5.41, 5.74) is 2.71. The van der Waals surface area contributed by atoms with Gasteiger partial charge in [-0.2, -0.15) is 10.2 Å². The number of nitrogens with zero attached hydrogens (tertiary/aromatic N) is 6. The lowest BCUT2D eigenvalue weighted by molar-refractivity contribution is -0.129. The average molecular weight is 673 g/mol. The number of hydrogen-bond acceptors (Lipinski definition) is 7. The second-order valence-electron chi connectivity index (χ2n) is 12.1. The first kappa shape index (κ1) is 31.6. The highest BCUT2D eigenvalue weighted by Gasteiger charge is 2.34. The molecule has 13 heteroatoms. The smallest absolute Gasteiger partial charge is 0.246 e. The Morgan fingerprint density at radius 2 is 1.92 bits per heavy atom. The highest BCUT2D eigenvalue weighted by atomic mass is 32.1. The summed E-state index contributed by atoms with van der Waals surface area (Å²) >= 11 is 1.11. The standard InChI is InChI=1S/C35H31F3N6O3S/c1-6-29(46)43-13-17(2)44-27(19(43)4)12-26(41-44)34-32(30-23(37)10-22(36)11-28(30)47-15-18(3)45)31-24(38)16-48-35(31)33(39-34)20-7-8-21-14-42(5)40-25(21)9-20/h6-12,14,16-19,45H,1,13,15H2,2-5H3/t17-,18+,19+/m0/s1. The van der Waals surface area contributed by atoms with Gasteiger partial charge < -0.3 is 14.7 Å². The average Bonchev–Trinajstić information content (AvgIpc) is 3.77. The summed E-state index contributed by atoms with van der Waals surface area (Å²) in [5, 5.41) is 21.7. The van der Waals surface area contributed by atoms with Crippen molar-refractivity contribution in [3.05, 3.63) is 83.8 Å². The summed E-state index contributed by atoms with van der Waals surface area (Å²) in [6, 6.07) is 8.45. The maximum Gasteiger partial charge on any atom is 0.246 e. The van der Waals surface area contributed by atoms with E-state index >= 15 is 8.78 Å². The van der Waals surface area contributed by atoms with E-state index in [-0.39, 0.29) is 46.5 Å². The minimum atomic E-state index is -0.998. The molecule has 5 heterocycles. The van der Waals surface area contributed by atoms with Gasteiger partial charge in [0, 0.05) is 59.2 Å². The van der Waals surface area contributed by atoms with Gasteiger partial charge >= 0.3 is 0 Å². The third-order valence-corrected chi connectivity index (χ3v) is 9.51. The van der Waals surface area contributed by atoms with Crippen LogP contribution in [0.15, 0.2) is 60.6 Å². The number of benzene rings is 2. The van der Waals surface area contributed by atoms with E-state index < -0.39 is 29.6 Å². The molecule has 0 spiro atoms. The molecule has 2 aromatic carbocycles. The van der Waals surface area contributed by atoms with E-state index in [2.05, 4.69) is 11.7 Å². The lowest BCUT2D eigenvalue weighted by atomic mass is 9.94. The molecule has 1 N–H and O–H groups in total. The first-order chi connectivity index (χ1) is 22.9. The van der Waals surface area contributed by atoms with Crippen LogP contribution < -0.4 is 4.74 Å². The maximum absolute atomic E-state index is 16.1. The highest BCUT2D eigenvalue weighted by Crippen LogP contribution is 2.48. The zero-order valence-corrected chi connectivity index (χ0v) is 27.4. The lowest BCUT2D eigenvalue weighted by Gasteiger charge is -2.36. The van der Waals surface area contributed by atoms with Crippen molar-refractivity contribution in [3.8, 4) is 39.5 Å². The van der Waals surface area contributed by atoms with Crippen LogP contribution in [0.1, 0.15) is 38.5 Å². The number of aryl methyl sites for hydroxylation is 1. The van der Waals surface area contributed by atoms with Gasteiger partial charge in [-0.25, -0.2) is 18.2 Å². The minimum Gasteiger partial charge on any atom is -0.490 e. The normalized spacial score (nSPS) is 16.8. The molecule has 0 saturated carbocycles. The van der Waals surface area contributed by atoms with Crippen LogP contribution in [0.3, 0.4) is 0 Å². The number of aliphatic hydroxyl groups is 1. The minimum absolute atomic E-state index is 0.0271. The molecule has 0 saturated heterocycles. The van der Waals surface area contributed by atoms with Crippen LogP contribution in [0.5, 0.6) is 5.75 Å². The molecule has 0 aliphatic carbocycles. The van der Waals surface area contributed by atoms with Crippen molar-refractivity contribution in [1.82, 2.24) is 29.4 Å². The summed E-state index contributed by atoms with van der Waals surface area (Å²) in [4.78, 5) is 19.5. The molecule has 246 valence electrons. The van der Waals surface area contributed by atoms with Crippen molar-refractivity contribution in [2.75, 3.05) is 13.2 Å². The van der Waals surface area contributed by atoms with Crippen LogP contribution in [0.25, 0.3) is 54.8 Å². The summed E-state index contributed by atoms with van der Waals surface area (Å²) in [6.45, 7) is 9.01. The van der Waals surface area contributed by atoms with E-state index in [1.165, 1.54) is 18.4 Å². The highest BCUT2D eigenvalue weighted by molar-refractivity contribution is 7.17. The second-order valence-corrected chi connectivity index (χ2v) is 13.0. The predicted molar refractivity (Wildman–Crippen MR) is 178 cm³/mol. The zero-order valence-electron chi connectivity index (χ0n) is 26.5. The Labute approximate surface area is 277 Å². The van der Waals surface area contributed by atoms with E-state index in [1.807, 2.05) is 45.3 Å². The molecule has 48 heavy (non-hydrogen) atoms. The van der Waals surface area contributed by atoms with Crippen molar-refractivity contribution in [1.29, 1.82) is 0 Å². The molecular weight excluding hydrogens is 641 g/mol. The quantitative estimate of drug-likeness (QED) is 0.180. The third kappa shape index (κ3) is 5.23. The van der Waals surface area contributed by atoms with E-state index in [9.17, 15) is 14.3 Å². The summed E-state index contributed by atoms with van der Waals surface area (Å²) < 4.78 is 56.5. The number of rotatable bonds is 7. The molecule has 0 unspecified atom stereocenters. The van der Waals surface area contributed by atoms with Crippen molar-refractivity contribution in [2.45, 2.75) is 39.0 Å². The summed E-state index contributed by atoms with van der Waals surface area (Å²) in [7, 11) is 1.82. The topological polar surface area (TPSA) is 98.3 Å². The first-order valence-electron chi connectivity index (χ1n) is 15.3. The van der Waals surface area contributed by atoms with Crippen molar-refractivity contribution in [3.63, 3.8) is 0 Å². The Morgan fingerprint density at radius 1 is 1.12 bits per heavy atom. The van der Waals surface area contributed by atoms with Crippen molar-refractivity contribution >= 4 is 38.2 Å². The number of ether oxygens (including phenoxy) is 1. The van der Waals surface area contributed by atoms with Gasteiger partial charge in [-0.3, -0.25) is 14.2 Å². The monoisotopic (exact) mass is 672 g/mol. The molecule has 7 rings (SSSR count). The summed E-state index contributed by atoms with van der Waals surface area (Å²) in [5.74, 6) is -2.99. The van der Waals surface area contributed by atoms with Crippen LogP contribution >= 0.6 is 11.3 Å². The molecule has 0 fully saturated rings. The van der Waals surface area contributed by atoms with Gasteiger partial charge in [0.05, 0.1) is 45.4 Å². The number of aromatic nitrogens is 5. The number of aliphatic hydroxyl groups excluding tert-OH is 1. The molecule has 1 aliphatic rings. The number of halogens is 3. The molecule has 1 aliphatic heterocycles. The first-order valence-corrected chi connectivity index (χ1v) is 16.2. The Bertz CT molecular complexity index is 2260. The lowest BCUT2D eigenvalue weighted by Crippen LogP contribution is -2.42. The van der Waals surface area contributed by atoms with Crippen molar-refractivity contribution in [2.24, 2.45) is 7.05 Å². The number of fused-ring (bicyclic) bond motifs is 3. The van der Waals surface area contributed by atoms with Crippen LogP contribution in [0.4, 0.5) is 13.2 Å². The fourth-order valence-electron chi connectivity index (χ4n) is 6.38. The Morgan fingerprint density at radius 3 is 2.67 bits per heavy atom. The van der Waals surface area contributed by atoms with Gasteiger partial charge in [-0.15, -0.1) is 11.3 Å². The van der Waals surface area contributed by atoms with Crippen LogP contribution in [0, 0.1) is 17.5 Å². The number of carbonyl (C=O) groups is 1. The number of thiophene rings is 1. The van der Waals surface area contributed by atoms with E-state index in [4.69, 9.17) is 14.8 Å². The Balaban J connectivity index is 1.55. The molecule has 6 aromatic rings. The second kappa shape index (κ2) is 11.9. The van der Waals surface area contributed by atoms with Gasteiger partial charge in [0.25, 0.3) is 0 Å². The predicted octanol–water partition coefficient (Wildman–Crippen LogP) is 7.21. The fraction of sp³-hybridized carbons (Fsp3) is 0.257. The van der Waals surface area contributed by atoms with E-state index in [0.717, 1.165) is 22.8 Å². The Hall–Kier alpha value is -5.01. The summed E-state index contributed by atoms with van der Waals surface area (Å²) in [6.07, 6.45) is 2.19. The van der Waals surface area contributed by atoms with E-state index in [0.29, 0.717) is 45.5 Å². The number of carbonyl (C=O) groups excluding carboxylic acids is 1. The van der Waals surface area contributed by atoms with Crippen LogP contribution in [0.2, 0.25) is 0 Å². The number of pyridine rings is 1. The Kier molecular flexibility index (Phi) is 7.83.